The molecule has 1 aromatic carbocycles. The quantitative estimate of drug-likeness (QED) is 0.659. The zero-order valence-corrected chi connectivity index (χ0v) is 11.2. The van der Waals surface area contributed by atoms with Gasteiger partial charge in [-0.05, 0) is 49.8 Å². The third kappa shape index (κ3) is 2.84. The van der Waals surface area contributed by atoms with E-state index in [4.69, 9.17) is 10.5 Å². The van der Waals surface area contributed by atoms with E-state index >= 15 is 0 Å². The first-order valence-corrected chi connectivity index (χ1v) is 6.62. The molecule has 0 radical (unpaired) electrons. The highest BCUT2D eigenvalue weighted by Gasteiger charge is 2.19. The molecule has 0 aliphatic heterocycles. The highest BCUT2D eigenvalue weighted by Crippen LogP contribution is 2.26. The summed E-state index contributed by atoms with van der Waals surface area (Å²) in [6.07, 6.45) is 4.87. The zero-order chi connectivity index (χ0) is 13.1. The summed E-state index contributed by atoms with van der Waals surface area (Å²) in [6.45, 7) is 4.40. The maximum Gasteiger partial charge on any atom is 0.340 e. The summed E-state index contributed by atoms with van der Waals surface area (Å²) in [5.41, 5.74) is 8.95. The van der Waals surface area contributed by atoms with Crippen molar-refractivity contribution in [3.05, 3.63) is 28.8 Å². The summed E-state index contributed by atoms with van der Waals surface area (Å²) in [6, 6.07) is 3.78. The predicted octanol–water partition coefficient (Wildman–Crippen LogP) is 3.23. The molecular weight excluding hydrogens is 226 g/mol. The molecule has 0 unspecified atom stereocenters. The van der Waals surface area contributed by atoms with Gasteiger partial charge in [-0.2, -0.15) is 0 Å². The molecule has 2 rings (SSSR count). The first-order valence-electron chi connectivity index (χ1n) is 6.62. The smallest absolute Gasteiger partial charge is 0.340 e. The Morgan fingerprint density at radius 1 is 1.33 bits per heavy atom. The molecule has 18 heavy (non-hydrogen) atoms. The van der Waals surface area contributed by atoms with Gasteiger partial charge in [-0.15, -0.1) is 0 Å². The largest absolute Gasteiger partial charge is 0.462 e. The van der Waals surface area contributed by atoms with Gasteiger partial charge in [-0.1, -0.05) is 18.9 Å². The van der Waals surface area contributed by atoms with E-state index in [2.05, 4.69) is 0 Å². The molecule has 2 N–H and O–H groups in total. The van der Waals surface area contributed by atoms with Crippen LogP contribution in [-0.4, -0.2) is 12.6 Å². The van der Waals surface area contributed by atoms with E-state index in [0.29, 0.717) is 23.8 Å². The SMILES string of the molecule is Cc1cc(C)c(N)c(C(=O)OCC2CCCC2)c1. The second kappa shape index (κ2) is 5.42. The molecule has 0 spiro atoms. The number of benzene rings is 1. The second-order valence-electron chi connectivity index (χ2n) is 5.29. The Labute approximate surface area is 108 Å². The van der Waals surface area contributed by atoms with Gasteiger partial charge in [0, 0.05) is 5.69 Å². The van der Waals surface area contributed by atoms with Crippen LogP contribution in [0, 0.1) is 19.8 Å². The van der Waals surface area contributed by atoms with Crippen molar-refractivity contribution in [2.45, 2.75) is 39.5 Å². The molecule has 1 saturated carbocycles. The average Bonchev–Trinajstić information content (AvgIpc) is 2.83. The van der Waals surface area contributed by atoms with E-state index in [9.17, 15) is 4.79 Å². The summed E-state index contributed by atoms with van der Waals surface area (Å²) >= 11 is 0. The number of nitrogen functional groups attached to an aromatic ring is 1. The minimum atomic E-state index is -0.286. The van der Waals surface area contributed by atoms with E-state index in [1.165, 1.54) is 25.7 Å². The average molecular weight is 247 g/mol. The first-order chi connectivity index (χ1) is 8.58. The van der Waals surface area contributed by atoms with Crippen molar-refractivity contribution in [3.63, 3.8) is 0 Å². The summed E-state index contributed by atoms with van der Waals surface area (Å²) in [5.74, 6) is 0.257. The van der Waals surface area contributed by atoms with Crippen LogP contribution >= 0.6 is 0 Å². The molecule has 98 valence electrons. The van der Waals surface area contributed by atoms with Crippen LogP contribution < -0.4 is 5.73 Å². The number of esters is 1. The number of rotatable bonds is 3. The van der Waals surface area contributed by atoms with Gasteiger partial charge in [0.05, 0.1) is 12.2 Å². The van der Waals surface area contributed by atoms with Gasteiger partial charge in [-0.25, -0.2) is 4.79 Å². The number of carbonyl (C=O) groups excluding carboxylic acids is 1. The Balaban J connectivity index is 2.04. The topological polar surface area (TPSA) is 52.3 Å². The predicted molar refractivity (Wildman–Crippen MR) is 72.6 cm³/mol. The van der Waals surface area contributed by atoms with Gasteiger partial charge < -0.3 is 10.5 Å². The van der Waals surface area contributed by atoms with Crippen LogP contribution in [0.25, 0.3) is 0 Å². The van der Waals surface area contributed by atoms with Crippen molar-refractivity contribution < 1.29 is 9.53 Å². The summed E-state index contributed by atoms with van der Waals surface area (Å²) < 4.78 is 5.38. The van der Waals surface area contributed by atoms with Crippen molar-refractivity contribution in [3.8, 4) is 0 Å². The summed E-state index contributed by atoms with van der Waals surface area (Å²) in [5, 5.41) is 0. The van der Waals surface area contributed by atoms with Crippen LogP contribution in [0.5, 0.6) is 0 Å². The Bertz CT molecular complexity index is 448. The van der Waals surface area contributed by atoms with Crippen molar-refractivity contribution in [2.75, 3.05) is 12.3 Å². The maximum absolute atomic E-state index is 12.0. The van der Waals surface area contributed by atoms with Gasteiger partial charge in [0.25, 0.3) is 0 Å². The first kappa shape index (κ1) is 12.9. The van der Waals surface area contributed by atoms with E-state index in [1.54, 1.807) is 6.07 Å². The van der Waals surface area contributed by atoms with Crippen LogP contribution in [0.15, 0.2) is 12.1 Å². The van der Waals surface area contributed by atoms with E-state index < -0.39 is 0 Å². The monoisotopic (exact) mass is 247 g/mol. The molecule has 0 atom stereocenters. The van der Waals surface area contributed by atoms with Gasteiger partial charge in [0.15, 0.2) is 0 Å². The fourth-order valence-electron chi connectivity index (χ4n) is 2.60. The fourth-order valence-corrected chi connectivity index (χ4v) is 2.60. The molecule has 3 heteroatoms. The van der Waals surface area contributed by atoms with Crippen molar-refractivity contribution >= 4 is 11.7 Å². The normalized spacial score (nSPS) is 15.9. The number of carbonyl (C=O) groups is 1. The molecule has 1 fully saturated rings. The van der Waals surface area contributed by atoms with Gasteiger partial charge >= 0.3 is 5.97 Å². The lowest BCUT2D eigenvalue weighted by molar-refractivity contribution is 0.0443. The Morgan fingerprint density at radius 2 is 2.00 bits per heavy atom. The van der Waals surface area contributed by atoms with E-state index in [0.717, 1.165) is 11.1 Å². The van der Waals surface area contributed by atoms with Gasteiger partial charge in [0.2, 0.25) is 0 Å². The number of hydrogen-bond donors (Lipinski definition) is 1. The summed E-state index contributed by atoms with van der Waals surface area (Å²) in [4.78, 5) is 12.0. The molecule has 0 amide bonds. The zero-order valence-electron chi connectivity index (χ0n) is 11.2. The van der Waals surface area contributed by atoms with Gasteiger partial charge in [-0.3, -0.25) is 0 Å². The standard InChI is InChI=1S/C15H21NO2/c1-10-7-11(2)14(16)13(8-10)15(17)18-9-12-5-3-4-6-12/h7-8,12H,3-6,9,16H2,1-2H3. The Morgan fingerprint density at radius 3 is 2.67 bits per heavy atom. The highest BCUT2D eigenvalue weighted by molar-refractivity contribution is 5.96. The Hall–Kier alpha value is -1.51. The fraction of sp³-hybridized carbons (Fsp3) is 0.533. The van der Waals surface area contributed by atoms with Crippen molar-refractivity contribution in [2.24, 2.45) is 5.92 Å². The molecule has 1 aliphatic carbocycles. The molecule has 1 aromatic rings. The lowest BCUT2D eigenvalue weighted by Gasteiger charge is -2.12. The minimum absolute atomic E-state index is 0.286. The summed E-state index contributed by atoms with van der Waals surface area (Å²) in [7, 11) is 0. The number of aryl methyl sites for hydroxylation is 2. The second-order valence-corrected chi connectivity index (χ2v) is 5.29. The number of hydrogen-bond acceptors (Lipinski definition) is 3. The van der Waals surface area contributed by atoms with Crippen molar-refractivity contribution in [1.29, 1.82) is 0 Å². The third-order valence-electron chi connectivity index (χ3n) is 3.68. The van der Waals surface area contributed by atoms with Crippen LogP contribution in [-0.2, 0) is 4.74 Å². The molecule has 1 aliphatic rings. The number of anilines is 1. The minimum Gasteiger partial charge on any atom is -0.462 e. The maximum atomic E-state index is 12.0. The van der Waals surface area contributed by atoms with Crippen LogP contribution in [0.2, 0.25) is 0 Å². The number of ether oxygens (including phenoxy) is 1. The van der Waals surface area contributed by atoms with E-state index in [1.807, 2.05) is 19.9 Å². The Kier molecular flexibility index (Phi) is 3.90. The molecular formula is C15H21NO2. The molecule has 3 nitrogen and oxygen atoms in total. The molecule has 0 aromatic heterocycles. The molecule has 0 heterocycles. The third-order valence-corrected chi connectivity index (χ3v) is 3.68. The van der Waals surface area contributed by atoms with Crippen molar-refractivity contribution in [1.82, 2.24) is 0 Å². The lowest BCUT2D eigenvalue weighted by Crippen LogP contribution is -2.14. The van der Waals surface area contributed by atoms with Crippen LogP contribution in [0.3, 0.4) is 0 Å². The van der Waals surface area contributed by atoms with Crippen LogP contribution in [0.4, 0.5) is 5.69 Å². The molecule has 0 saturated heterocycles. The molecule has 0 bridgehead atoms. The van der Waals surface area contributed by atoms with Crippen LogP contribution in [0.1, 0.15) is 47.2 Å². The highest BCUT2D eigenvalue weighted by atomic mass is 16.5. The van der Waals surface area contributed by atoms with Gasteiger partial charge in [0.1, 0.15) is 0 Å². The number of nitrogens with two attached hydrogens (primary N) is 1. The van der Waals surface area contributed by atoms with E-state index in [-0.39, 0.29) is 5.97 Å². The lowest BCUT2D eigenvalue weighted by atomic mass is 10.0.